The Balaban J connectivity index is 2.64. The lowest BCUT2D eigenvalue weighted by Gasteiger charge is -2.02. The highest BCUT2D eigenvalue weighted by Gasteiger charge is 2.04. The first-order chi connectivity index (χ1) is 6.15. The lowest BCUT2D eigenvalue weighted by molar-refractivity contribution is -0.121. The second kappa shape index (κ2) is 4.20. The Morgan fingerprint density at radius 2 is 2.46 bits per heavy atom. The number of nitrogens with two attached hydrogens (primary N) is 1. The van der Waals surface area contributed by atoms with Crippen molar-refractivity contribution in [3.05, 3.63) is 20.7 Å². The number of aryl methyl sites for hydroxylation is 1. The summed E-state index contributed by atoms with van der Waals surface area (Å²) in [5, 5.41) is 1.77. The molecule has 0 aliphatic carbocycles. The van der Waals surface area contributed by atoms with Crippen molar-refractivity contribution in [2.24, 2.45) is 5.84 Å². The van der Waals surface area contributed by atoms with Crippen LogP contribution >= 0.6 is 11.3 Å². The first-order valence-corrected chi connectivity index (χ1v) is 4.67. The molecule has 0 aliphatic rings. The Hall–Kier alpha value is -1.14. The van der Waals surface area contributed by atoms with Crippen LogP contribution in [0.1, 0.15) is 12.1 Å². The zero-order chi connectivity index (χ0) is 9.84. The third kappa shape index (κ3) is 2.40. The summed E-state index contributed by atoms with van der Waals surface area (Å²) in [6, 6.07) is 0. The van der Waals surface area contributed by atoms with Gasteiger partial charge in [-0.3, -0.25) is 15.0 Å². The standard InChI is InChI=1S/C7H11N3O2S/c1-5-4-13-7(12)10(5)3-2-6(11)9-8/h4H,2-3,8H2,1H3,(H,9,11). The zero-order valence-electron chi connectivity index (χ0n) is 7.24. The molecule has 0 fully saturated rings. The van der Waals surface area contributed by atoms with Gasteiger partial charge < -0.3 is 4.57 Å². The van der Waals surface area contributed by atoms with Gasteiger partial charge in [0.15, 0.2) is 0 Å². The van der Waals surface area contributed by atoms with Crippen molar-refractivity contribution < 1.29 is 4.79 Å². The van der Waals surface area contributed by atoms with E-state index in [1.807, 2.05) is 12.3 Å². The van der Waals surface area contributed by atoms with Crippen LogP contribution in [0.2, 0.25) is 0 Å². The van der Waals surface area contributed by atoms with E-state index in [9.17, 15) is 9.59 Å². The summed E-state index contributed by atoms with van der Waals surface area (Å²) in [5.74, 6) is 4.64. The van der Waals surface area contributed by atoms with Gasteiger partial charge in [0.1, 0.15) is 0 Å². The van der Waals surface area contributed by atoms with Crippen LogP contribution in [0.5, 0.6) is 0 Å². The van der Waals surface area contributed by atoms with Gasteiger partial charge in [0, 0.05) is 24.0 Å². The van der Waals surface area contributed by atoms with Gasteiger partial charge in [0.05, 0.1) is 0 Å². The average molecular weight is 201 g/mol. The van der Waals surface area contributed by atoms with Gasteiger partial charge in [-0.15, -0.1) is 0 Å². The Morgan fingerprint density at radius 1 is 1.77 bits per heavy atom. The normalized spacial score (nSPS) is 10.0. The topological polar surface area (TPSA) is 77.1 Å². The van der Waals surface area contributed by atoms with Crippen molar-refractivity contribution >= 4 is 17.2 Å². The number of hydrazine groups is 1. The van der Waals surface area contributed by atoms with E-state index in [-0.39, 0.29) is 17.2 Å². The van der Waals surface area contributed by atoms with E-state index in [1.165, 1.54) is 0 Å². The number of nitrogens with one attached hydrogen (secondary N) is 1. The number of hydrogen-bond donors (Lipinski definition) is 2. The number of amides is 1. The number of aromatic nitrogens is 1. The molecule has 0 aliphatic heterocycles. The molecule has 0 saturated heterocycles. The molecule has 0 atom stereocenters. The third-order valence-electron chi connectivity index (χ3n) is 1.70. The molecule has 0 bridgehead atoms. The van der Waals surface area contributed by atoms with Crippen molar-refractivity contribution in [1.82, 2.24) is 9.99 Å². The van der Waals surface area contributed by atoms with Gasteiger partial charge in [-0.2, -0.15) is 0 Å². The fourth-order valence-corrected chi connectivity index (χ4v) is 1.72. The molecule has 72 valence electrons. The summed E-state index contributed by atoms with van der Waals surface area (Å²) < 4.78 is 1.56. The van der Waals surface area contributed by atoms with E-state index >= 15 is 0 Å². The maximum absolute atomic E-state index is 11.2. The van der Waals surface area contributed by atoms with Gasteiger partial charge in [-0.25, -0.2) is 5.84 Å². The predicted octanol–water partition coefficient (Wildman–Crippen LogP) is -0.402. The van der Waals surface area contributed by atoms with Crippen LogP contribution in [0.4, 0.5) is 0 Å². The summed E-state index contributed by atoms with van der Waals surface area (Å²) in [6.45, 7) is 2.22. The molecule has 1 amide bonds. The highest BCUT2D eigenvalue weighted by molar-refractivity contribution is 7.07. The monoisotopic (exact) mass is 201 g/mol. The minimum Gasteiger partial charge on any atom is -0.303 e. The summed E-state index contributed by atoms with van der Waals surface area (Å²) in [7, 11) is 0. The minimum atomic E-state index is -0.266. The Bertz CT molecular complexity index is 355. The van der Waals surface area contributed by atoms with Crippen molar-refractivity contribution in [3.63, 3.8) is 0 Å². The molecule has 0 radical (unpaired) electrons. The van der Waals surface area contributed by atoms with E-state index in [0.29, 0.717) is 6.54 Å². The molecule has 0 saturated carbocycles. The molecule has 1 aromatic heterocycles. The molecule has 3 N–H and O–H groups in total. The van der Waals surface area contributed by atoms with Crippen LogP contribution in [0.15, 0.2) is 10.2 Å². The van der Waals surface area contributed by atoms with E-state index in [0.717, 1.165) is 17.0 Å². The highest BCUT2D eigenvalue weighted by Crippen LogP contribution is 2.00. The Labute approximate surface area is 79.1 Å². The van der Waals surface area contributed by atoms with Gasteiger partial charge in [0.25, 0.3) is 0 Å². The number of thiazole rings is 1. The smallest absolute Gasteiger partial charge is 0.303 e. The average Bonchev–Trinajstić information content (AvgIpc) is 2.43. The van der Waals surface area contributed by atoms with Crippen molar-refractivity contribution in [3.8, 4) is 0 Å². The maximum Gasteiger partial charge on any atom is 0.307 e. The van der Waals surface area contributed by atoms with Crippen LogP contribution in [0.3, 0.4) is 0 Å². The van der Waals surface area contributed by atoms with E-state index in [2.05, 4.69) is 0 Å². The third-order valence-corrected chi connectivity index (χ3v) is 2.58. The maximum atomic E-state index is 11.2. The highest BCUT2D eigenvalue weighted by atomic mass is 32.1. The van der Waals surface area contributed by atoms with Gasteiger partial charge in [-0.1, -0.05) is 11.3 Å². The summed E-state index contributed by atoms with van der Waals surface area (Å²) in [5.41, 5.74) is 2.89. The van der Waals surface area contributed by atoms with Crippen LogP contribution in [-0.4, -0.2) is 10.5 Å². The largest absolute Gasteiger partial charge is 0.307 e. The minimum absolute atomic E-state index is 0.0395. The molecule has 13 heavy (non-hydrogen) atoms. The fourth-order valence-electron chi connectivity index (χ4n) is 0.960. The van der Waals surface area contributed by atoms with Crippen LogP contribution in [0, 0.1) is 6.92 Å². The van der Waals surface area contributed by atoms with Crippen LogP contribution < -0.4 is 16.1 Å². The fraction of sp³-hybridized carbons (Fsp3) is 0.429. The number of carbonyl (C=O) groups is 1. The number of rotatable bonds is 3. The molecule has 1 aromatic rings. The molecule has 0 aromatic carbocycles. The van der Waals surface area contributed by atoms with E-state index in [4.69, 9.17) is 5.84 Å². The molecule has 1 heterocycles. The first-order valence-electron chi connectivity index (χ1n) is 3.79. The summed E-state index contributed by atoms with van der Waals surface area (Å²) >= 11 is 1.13. The molecule has 0 spiro atoms. The van der Waals surface area contributed by atoms with Gasteiger partial charge in [0.2, 0.25) is 5.91 Å². The van der Waals surface area contributed by atoms with Crippen molar-refractivity contribution in [1.29, 1.82) is 0 Å². The van der Waals surface area contributed by atoms with E-state index in [1.54, 1.807) is 9.95 Å². The molecule has 6 heteroatoms. The second-order valence-electron chi connectivity index (χ2n) is 2.61. The first kappa shape index (κ1) is 9.94. The summed E-state index contributed by atoms with van der Waals surface area (Å²) in [6.07, 6.45) is 0.230. The Kier molecular flexibility index (Phi) is 3.21. The Morgan fingerprint density at radius 3 is 2.92 bits per heavy atom. The second-order valence-corrected chi connectivity index (χ2v) is 3.43. The quantitative estimate of drug-likeness (QED) is 0.397. The number of hydrogen-bond acceptors (Lipinski definition) is 4. The number of carbonyl (C=O) groups excluding carboxylic acids is 1. The molecular formula is C7H11N3O2S. The molecule has 5 nitrogen and oxygen atoms in total. The lowest BCUT2D eigenvalue weighted by Crippen LogP contribution is -2.31. The summed E-state index contributed by atoms with van der Waals surface area (Å²) in [4.78, 5) is 21.9. The van der Waals surface area contributed by atoms with Crippen molar-refractivity contribution in [2.75, 3.05) is 0 Å². The van der Waals surface area contributed by atoms with Crippen LogP contribution in [-0.2, 0) is 11.3 Å². The van der Waals surface area contributed by atoms with Crippen LogP contribution in [0.25, 0.3) is 0 Å². The van der Waals surface area contributed by atoms with E-state index < -0.39 is 0 Å². The van der Waals surface area contributed by atoms with Gasteiger partial charge >= 0.3 is 4.87 Å². The SMILES string of the molecule is Cc1csc(=O)n1CCC(=O)NN. The molecule has 0 unspecified atom stereocenters. The predicted molar refractivity (Wildman–Crippen MR) is 50.3 cm³/mol. The number of nitrogens with zero attached hydrogens (tertiary/aromatic N) is 1. The van der Waals surface area contributed by atoms with Crippen molar-refractivity contribution in [2.45, 2.75) is 19.9 Å². The molecule has 1 rings (SSSR count). The lowest BCUT2D eigenvalue weighted by atomic mass is 10.4. The zero-order valence-corrected chi connectivity index (χ0v) is 8.06. The molecular weight excluding hydrogens is 190 g/mol. The van der Waals surface area contributed by atoms with Gasteiger partial charge in [-0.05, 0) is 6.92 Å².